The molecule has 1 heterocycles. The Morgan fingerprint density at radius 3 is 2.16 bits per heavy atom. The maximum atomic E-state index is 13.4. The maximum Gasteiger partial charge on any atom is 0.323 e. The Hall–Kier alpha value is -3.60. The van der Waals surface area contributed by atoms with E-state index in [1.807, 2.05) is 36.4 Å². The molecule has 3 aromatic carbocycles. The van der Waals surface area contributed by atoms with E-state index >= 15 is 0 Å². The molecule has 1 amide bonds. The molecular weight excluding hydrogens is 462 g/mol. The molecule has 4 rings (SSSR count). The van der Waals surface area contributed by atoms with Gasteiger partial charge in [-0.2, -0.15) is 0 Å². The minimum Gasteiger partial charge on any atom is -0.487 e. The van der Waals surface area contributed by atoms with Gasteiger partial charge in [0, 0.05) is 24.9 Å². The summed E-state index contributed by atoms with van der Waals surface area (Å²) < 4.78 is 6.33. The Labute approximate surface area is 220 Å². The van der Waals surface area contributed by atoms with E-state index in [9.17, 15) is 14.7 Å². The first-order chi connectivity index (χ1) is 17.5. The van der Waals surface area contributed by atoms with Gasteiger partial charge in [0.2, 0.25) is 0 Å². The smallest absolute Gasteiger partial charge is 0.323 e. The number of aryl methyl sites for hydroxylation is 1. The van der Waals surface area contributed by atoms with Crippen molar-refractivity contribution in [2.45, 2.75) is 71.4 Å². The molecule has 1 atom stereocenters. The highest BCUT2D eigenvalue weighted by Crippen LogP contribution is 2.38. The van der Waals surface area contributed by atoms with Gasteiger partial charge in [-0.05, 0) is 64.8 Å². The van der Waals surface area contributed by atoms with Crippen LogP contribution in [0, 0.1) is 0 Å². The van der Waals surface area contributed by atoms with Crippen LogP contribution in [0.25, 0.3) is 0 Å². The molecule has 0 saturated heterocycles. The second-order valence-electron chi connectivity index (χ2n) is 11.4. The van der Waals surface area contributed by atoms with Crippen LogP contribution in [0.1, 0.15) is 72.8 Å². The van der Waals surface area contributed by atoms with E-state index in [-0.39, 0.29) is 24.4 Å². The van der Waals surface area contributed by atoms with Crippen LogP contribution in [0.15, 0.2) is 66.7 Å². The molecule has 0 aromatic heterocycles. The third-order valence-electron chi connectivity index (χ3n) is 7.04. The van der Waals surface area contributed by atoms with Crippen molar-refractivity contribution >= 4 is 11.9 Å². The number of carbonyl (C=O) groups is 2. The topological polar surface area (TPSA) is 66.8 Å². The van der Waals surface area contributed by atoms with Crippen molar-refractivity contribution in [1.82, 2.24) is 4.90 Å². The summed E-state index contributed by atoms with van der Waals surface area (Å²) in [6, 6.07) is 22.1. The fraction of sp³-hybridized carbons (Fsp3) is 0.375. The van der Waals surface area contributed by atoms with E-state index in [2.05, 4.69) is 58.9 Å². The Morgan fingerprint density at radius 2 is 1.57 bits per heavy atom. The van der Waals surface area contributed by atoms with E-state index in [0.29, 0.717) is 12.0 Å². The number of rotatable bonds is 8. The monoisotopic (exact) mass is 499 g/mol. The lowest BCUT2D eigenvalue weighted by molar-refractivity contribution is -0.137. The molecule has 1 aliphatic rings. The number of nitrogens with zero attached hydrogens (tertiary/aromatic N) is 1. The summed E-state index contributed by atoms with van der Waals surface area (Å²) in [7, 11) is 0. The first kappa shape index (κ1) is 26.5. The van der Waals surface area contributed by atoms with Gasteiger partial charge in [-0.25, -0.2) is 0 Å². The predicted molar refractivity (Wildman–Crippen MR) is 146 cm³/mol. The second-order valence-corrected chi connectivity index (χ2v) is 11.4. The van der Waals surface area contributed by atoms with Crippen LogP contribution in [0.5, 0.6) is 5.75 Å². The van der Waals surface area contributed by atoms with Crippen LogP contribution in [0.2, 0.25) is 0 Å². The zero-order valence-electron chi connectivity index (χ0n) is 22.5. The van der Waals surface area contributed by atoms with Gasteiger partial charge in [0.15, 0.2) is 0 Å². The largest absolute Gasteiger partial charge is 0.487 e. The van der Waals surface area contributed by atoms with Crippen molar-refractivity contribution in [1.29, 1.82) is 0 Å². The van der Waals surface area contributed by atoms with Crippen molar-refractivity contribution in [3.05, 3.63) is 100 Å². The summed E-state index contributed by atoms with van der Waals surface area (Å²) in [6.07, 6.45) is 2.47. The number of carboxylic acid groups (broad SMARTS) is 1. The lowest BCUT2D eigenvalue weighted by atomic mass is 9.87. The van der Waals surface area contributed by atoms with E-state index < -0.39 is 11.6 Å². The average molecular weight is 500 g/mol. The van der Waals surface area contributed by atoms with Crippen molar-refractivity contribution < 1.29 is 19.4 Å². The van der Waals surface area contributed by atoms with Crippen molar-refractivity contribution in [3.63, 3.8) is 0 Å². The van der Waals surface area contributed by atoms with E-state index in [0.717, 1.165) is 29.7 Å². The van der Waals surface area contributed by atoms with E-state index in [1.165, 1.54) is 21.6 Å². The van der Waals surface area contributed by atoms with Gasteiger partial charge in [-0.3, -0.25) is 9.59 Å². The number of hydrogen-bond donors (Lipinski definition) is 1. The van der Waals surface area contributed by atoms with Crippen molar-refractivity contribution in [2.24, 2.45) is 0 Å². The van der Waals surface area contributed by atoms with Gasteiger partial charge >= 0.3 is 5.97 Å². The number of carboxylic acids is 1. The number of carbonyl (C=O) groups excluding carboxylic acids is 1. The second kappa shape index (κ2) is 10.4. The van der Waals surface area contributed by atoms with Crippen molar-refractivity contribution in [3.8, 4) is 5.75 Å². The van der Waals surface area contributed by atoms with Crippen LogP contribution < -0.4 is 4.74 Å². The number of benzene rings is 3. The number of amides is 1. The Morgan fingerprint density at radius 1 is 0.946 bits per heavy atom. The molecule has 0 fully saturated rings. The summed E-state index contributed by atoms with van der Waals surface area (Å²) in [5.74, 6) is -0.550. The van der Waals surface area contributed by atoms with Gasteiger partial charge in [-0.15, -0.1) is 0 Å². The third kappa shape index (κ3) is 6.40. The zero-order chi connectivity index (χ0) is 26.8. The van der Waals surface area contributed by atoms with Gasteiger partial charge in [0.25, 0.3) is 5.91 Å². The Kier molecular flexibility index (Phi) is 7.44. The van der Waals surface area contributed by atoms with Crippen LogP contribution in [-0.4, -0.2) is 34.0 Å². The minimum absolute atomic E-state index is 0.0229. The summed E-state index contributed by atoms with van der Waals surface area (Å²) in [4.78, 5) is 26.4. The highest BCUT2D eigenvalue weighted by Gasteiger charge is 2.35. The molecule has 0 unspecified atom stereocenters. The quantitative estimate of drug-likeness (QED) is 0.400. The molecule has 1 aliphatic heterocycles. The fourth-order valence-electron chi connectivity index (χ4n) is 4.95. The molecule has 37 heavy (non-hydrogen) atoms. The van der Waals surface area contributed by atoms with Gasteiger partial charge < -0.3 is 14.7 Å². The summed E-state index contributed by atoms with van der Waals surface area (Å²) in [5.41, 5.74) is 5.69. The predicted octanol–water partition coefficient (Wildman–Crippen LogP) is 6.21. The first-order valence-corrected chi connectivity index (χ1v) is 13.0. The number of fused-ring (bicyclic) bond motifs is 1. The molecule has 0 radical (unpaired) electrons. The number of aliphatic carboxylic acids is 1. The lowest BCUT2D eigenvalue weighted by Gasteiger charge is -2.24. The fourth-order valence-corrected chi connectivity index (χ4v) is 4.95. The average Bonchev–Trinajstić information content (AvgIpc) is 3.18. The highest BCUT2D eigenvalue weighted by molar-refractivity contribution is 5.96. The van der Waals surface area contributed by atoms with Crippen LogP contribution in [-0.2, 0) is 36.0 Å². The standard InChI is InChI=1S/C32H37NO4/c1-6-22-7-9-23(10-8-22)18-32(5)19-26-17-25(13-16-28(26)37-32)30(36)33(21-29(34)35)20-24-11-14-27(15-12-24)31(2,3)4/h7-17H,6,18-21H2,1-5H3,(H,34,35)/t32-/m0/s1. The molecule has 194 valence electrons. The molecular formula is C32H37NO4. The summed E-state index contributed by atoms with van der Waals surface area (Å²) >= 11 is 0. The number of hydrogen-bond acceptors (Lipinski definition) is 3. The first-order valence-electron chi connectivity index (χ1n) is 13.0. The summed E-state index contributed by atoms with van der Waals surface area (Å²) in [5, 5.41) is 9.49. The Balaban J connectivity index is 1.50. The van der Waals surface area contributed by atoms with Gasteiger partial charge in [0.05, 0.1) is 0 Å². The summed E-state index contributed by atoms with van der Waals surface area (Å²) in [6.45, 7) is 10.5. The lowest BCUT2D eigenvalue weighted by Crippen LogP contribution is -2.35. The molecule has 0 spiro atoms. The van der Waals surface area contributed by atoms with E-state index in [1.54, 1.807) is 6.07 Å². The molecule has 5 heteroatoms. The molecule has 0 bridgehead atoms. The van der Waals surface area contributed by atoms with Crippen molar-refractivity contribution in [2.75, 3.05) is 6.54 Å². The van der Waals surface area contributed by atoms with Crippen LogP contribution in [0.3, 0.4) is 0 Å². The van der Waals surface area contributed by atoms with Gasteiger partial charge in [0.1, 0.15) is 17.9 Å². The molecule has 3 aromatic rings. The zero-order valence-corrected chi connectivity index (χ0v) is 22.5. The molecule has 5 nitrogen and oxygen atoms in total. The van der Waals surface area contributed by atoms with Crippen LogP contribution >= 0.6 is 0 Å². The molecule has 0 saturated carbocycles. The van der Waals surface area contributed by atoms with E-state index in [4.69, 9.17) is 4.74 Å². The van der Waals surface area contributed by atoms with Crippen LogP contribution in [0.4, 0.5) is 0 Å². The maximum absolute atomic E-state index is 13.4. The normalized spacial score (nSPS) is 16.7. The molecule has 0 aliphatic carbocycles. The Bertz CT molecular complexity index is 1270. The van der Waals surface area contributed by atoms with Gasteiger partial charge in [-0.1, -0.05) is 76.2 Å². The third-order valence-corrected chi connectivity index (χ3v) is 7.04. The molecule has 1 N–H and O–H groups in total. The minimum atomic E-state index is -1.04. The number of ether oxygens (including phenoxy) is 1. The highest BCUT2D eigenvalue weighted by atomic mass is 16.5. The SMILES string of the molecule is CCc1ccc(C[C@@]2(C)Cc3cc(C(=O)N(CC(=O)O)Cc4ccc(C(C)(C)C)cc4)ccc3O2)cc1.